The van der Waals surface area contributed by atoms with E-state index in [2.05, 4.69) is 0 Å². The molecule has 2 heterocycles. The van der Waals surface area contributed by atoms with Gasteiger partial charge in [0, 0.05) is 12.1 Å². The second-order valence-electron chi connectivity index (χ2n) is 7.75. The first kappa shape index (κ1) is 19.3. The molecule has 1 aromatic rings. The van der Waals surface area contributed by atoms with E-state index in [1.54, 1.807) is 20.8 Å². The number of hydrogen-bond acceptors (Lipinski definition) is 7. The van der Waals surface area contributed by atoms with Crippen molar-refractivity contribution in [2.75, 3.05) is 5.75 Å². The van der Waals surface area contributed by atoms with Crippen LogP contribution in [0.3, 0.4) is 0 Å². The highest BCUT2D eigenvalue weighted by molar-refractivity contribution is 7.92. The number of carbonyl (C=O) groups excluding carboxylic acids is 2. The van der Waals surface area contributed by atoms with E-state index in [0.717, 1.165) is 4.90 Å². The summed E-state index contributed by atoms with van der Waals surface area (Å²) in [6.45, 7) is 5.00. The molecule has 2 aliphatic rings. The maximum absolute atomic E-state index is 12.5. The van der Waals surface area contributed by atoms with Gasteiger partial charge in [-0.2, -0.15) is 0 Å². The van der Waals surface area contributed by atoms with E-state index in [4.69, 9.17) is 4.74 Å². The molecular formula is C17H20N2O7S. The molecule has 0 saturated carbocycles. The molecular weight excluding hydrogens is 376 g/mol. The average Bonchev–Trinajstić information content (AvgIpc) is 2.79. The average molecular weight is 396 g/mol. The number of non-ortho nitro benzene ring substituents is 1. The Labute approximate surface area is 156 Å². The number of nitrogens with zero attached hydrogens (tertiary/aromatic N) is 2. The van der Waals surface area contributed by atoms with Gasteiger partial charge in [0.2, 0.25) is 5.91 Å². The Morgan fingerprint density at radius 1 is 1.30 bits per heavy atom. The van der Waals surface area contributed by atoms with Gasteiger partial charge in [-0.3, -0.25) is 14.9 Å². The first-order valence-electron chi connectivity index (χ1n) is 8.41. The van der Waals surface area contributed by atoms with Crippen LogP contribution in [0.15, 0.2) is 24.3 Å². The molecule has 146 valence electrons. The lowest BCUT2D eigenvalue weighted by atomic mass is 9.89. The number of hydrogen-bond donors (Lipinski definition) is 0. The molecule has 0 N–H and O–H groups in total. The van der Waals surface area contributed by atoms with Crippen molar-refractivity contribution in [2.24, 2.45) is 5.92 Å². The number of amides is 1. The summed E-state index contributed by atoms with van der Waals surface area (Å²) in [4.78, 5) is 36.1. The summed E-state index contributed by atoms with van der Waals surface area (Å²) in [5.41, 5.74) is -0.251. The maximum Gasteiger partial charge on any atom is 0.330 e. The highest BCUT2D eigenvalue weighted by atomic mass is 32.2. The van der Waals surface area contributed by atoms with E-state index in [1.165, 1.54) is 24.3 Å². The van der Waals surface area contributed by atoms with E-state index >= 15 is 0 Å². The molecule has 2 unspecified atom stereocenters. The number of esters is 1. The maximum atomic E-state index is 12.5. The smallest absolute Gasteiger partial charge is 0.330 e. The summed E-state index contributed by atoms with van der Waals surface area (Å²) >= 11 is 0. The molecule has 0 radical (unpaired) electrons. The third-order valence-electron chi connectivity index (χ3n) is 4.57. The molecule has 27 heavy (non-hydrogen) atoms. The number of benzene rings is 1. The number of sulfone groups is 1. The molecule has 10 heteroatoms. The lowest BCUT2D eigenvalue weighted by Gasteiger charge is -2.43. The summed E-state index contributed by atoms with van der Waals surface area (Å²) in [5, 5.41) is 9.65. The topological polar surface area (TPSA) is 124 Å². The second-order valence-corrected chi connectivity index (χ2v) is 9.89. The minimum absolute atomic E-state index is 0.0845. The van der Waals surface area contributed by atoms with Gasteiger partial charge in [0.1, 0.15) is 17.0 Å². The van der Waals surface area contributed by atoms with Crippen molar-refractivity contribution in [1.29, 1.82) is 0 Å². The molecule has 2 aliphatic heterocycles. The number of nitro groups is 1. The predicted molar refractivity (Wildman–Crippen MR) is 94.3 cm³/mol. The molecule has 2 fully saturated rings. The number of fused-ring (bicyclic) bond motifs is 1. The van der Waals surface area contributed by atoms with Crippen LogP contribution in [0.5, 0.6) is 0 Å². The van der Waals surface area contributed by atoms with Gasteiger partial charge in [0.25, 0.3) is 5.69 Å². The lowest BCUT2D eigenvalue weighted by molar-refractivity contribution is -0.384. The van der Waals surface area contributed by atoms with Crippen molar-refractivity contribution in [3.05, 3.63) is 39.9 Å². The Bertz CT molecular complexity index is 902. The van der Waals surface area contributed by atoms with E-state index in [1.807, 2.05) is 0 Å². The number of nitro benzene ring substituents is 1. The lowest BCUT2D eigenvalue weighted by Crippen LogP contribution is -2.64. The normalized spacial score (nSPS) is 26.3. The van der Waals surface area contributed by atoms with Crippen LogP contribution in [0.1, 0.15) is 26.3 Å². The molecule has 2 saturated heterocycles. The van der Waals surface area contributed by atoms with Crippen molar-refractivity contribution >= 4 is 27.4 Å². The van der Waals surface area contributed by atoms with E-state index in [0.29, 0.717) is 5.56 Å². The Kier molecular flexibility index (Phi) is 4.49. The van der Waals surface area contributed by atoms with Gasteiger partial charge in [-0.1, -0.05) is 12.1 Å². The van der Waals surface area contributed by atoms with Crippen LogP contribution in [-0.2, 0) is 30.6 Å². The SMILES string of the molecule is CC(C)(C)OC(=O)[C@H]1CS(=O)(=O)C2C(Cc3ccc([N+](=O)[O-])cc3)C(=O)N21. The Balaban J connectivity index is 1.77. The fraction of sp³-hybridized carbons (Fsp3) is 0.529. The zero-order valence-corrected chi connectivity index (χ0v) is 15.9. The van der Waals surface area contributed by atoms with Crippen LogP contribution in [0.2, 0.25) is 0 Å². The molecule has 0 spiro atoms. The summed E-state index contributed by atoms with van der Waals surface area (Å²) < 4.78 is 30.2. The van der Waals surface area contributed by atoms with Crippen LogP contribution < -0.4 is 0 Å². The molecule has 9 nitrogen and oxygen atoms in total. The van der Waals surface area contributed by atoms with Gasteiger partial charge in [0.15, 0.2) is 9.84 Å². The minimum Gasteiger partial charge on any atom is -0.458 e. The number of rotatable bonds is 4. The van der Waals surface area contributed by atoms with Gasteiger partial charge >= 0.3 is 5.97 Å². The van der Waals surface area contributed by atoms with Crippen LogP contribution in [0, 0.1) is 16.0 Å². The summed E-state index contributed by atoms with van der Waals surface area (Å²) in [6.07, 6.45) is 0.137. The van der Waals surface area contributed by atoms with E-state index in [9.17, 15) is 28.1 Å². The van der Waals surface area contributed by atoms with E-state index in [-0.39, 0.29) is 12.1 Å². The van der Waals surface area contributed by atoms with Crippen LogP contribution in [-0.4, -0.2) is 52.9 Å². The number of ether oxygens (including phenoxy) is 1. The molecule has 1 amide bonds. The van der Waals surface area contributed by atoms with Crippen molar-refractivity contribution in [2.45, 2.75) is 44.2 Å². The standard InChI is InChI=1S/C17H20N2O7S/c1-17(2,3)26-16(21)13-9-27(24,25)15-12(14(20)18(13)15)8-10-4-6-11(7-5-10)19(22)23/h4-7,12-13,15H,8-9H2,1-3H3/t12?,13-,15?/m1/s1. The van der Waals surface area contributed by atoms with Gasteiger partial charge in [-0.25, -0.2) is 13.2 Å². The second kappa shape index (κ2) is 6.29. The van der Waals surface area contributed by atoms with Gasteiger partial charge < -0.3 is 9.64 Å². The molecule has 1 aromatic carbocycles. The van der Waals surface area contributed by atoms with Crippen molar-refractivity contribution in [1.82, 2.24) is 4.90 Å². The summed E-state index contributed by atoms with van der Waals surface area (Å²) in [7, 11) is -3.66. The molecule has 0 aliphatic carbocycles. The first-order valence-corrected chi connectivity index (χ1v) is 10.1. The summed E-state index contributed by atoms with van der Waals surface area (Å²) in [6, 6.07) is 4.49. The first-order chi connectivity index (χ1) is 12.4. The van der Waals surface area contributed by atoms with E-state index < -0.39 is 55.3 Å². The third-order valence-corrected chi connectivity index (χ3v) is 6.64. The monoisotopic (exact) mass is 396 g/mol. The Morgan fingerprint density at radius 3 is 2.41 bits per heavy atom. The van der Waals surface area contributed by atoms with Crippen molar-refractivity contribution < 1.29 is 27.7 Å². The quantitative estimate of drug-likeness (QED) is 0.322. The highest BCUT2D eigenvalue weighted by Gasteiger charge is 2.64. The Morgan fingerprint density at radius 2 is 1.89 bits per heavy atom. The van der Waals surface area contributed by atoms with Gasteiger partial charge in [0.05, 0.1) is 16.6 Å². The van der Waals surface area contributed by atoms with Gasteiger partial charge in [-0.05, 0) is 32.8 Å². The fourth-order valence-electron chi connectivity index (χ4n) is 3.45. The van der Waals surface area contributed by atoms with Crippen molar-refractivity contribution in [3.63, 3.8) is 0 Å². The molecule has 3 rings (SSSR count). The Hall–Kier alpha value is -2.49. The van der Waals surface area contributed by atoms with Crippen LogP contribution >= 0.6 is 0 Å². The van der Waals surface area contributed by atoms with Crippen molar-refractivity contribution in [3.8, 4) is 0 Å². The molecule has 3 atom stereocenters. The number of β-lactam (4-membered cyclic amide) rings is 1. The van der Waals surface area contributed by atoms with Crippen LogP contribution in [0.4, 0.5) is 5.69 Å². The predicted octanol–water partition coefficient (Wildman–Crippen LogP) is 1.06. The summed E-state index contributed by atoms with van der Waals surface area (Å²) in [5.74, 6) is -2.40. The third kappa shape index (κ3) is 3.53. The molecule has 0 aromatic heterocycles. The zero-order valence-electron chi connectivity index (χ0n) is 15.1. The number of carbonyl (C=O) groups is 2. The highest BCUT2D eigenvalue weighted by Crippen LogP contribution is 2.41. The molecule has 0 bridgehead atoms. The van der Waals surface area contributed by atoms with Crippen LogP contribution in [0.25, 0.3) is 0 Å². The largest absolute Gasteiger partial charge is 0.458 e. The fourth-order valence-corrected chi connectivity index (χ4v) is 5.69. The van der Waals surface area contributed by atoms with Gasteiger partial charge in [-0.15, -0.1) is 0 Å². The minimum atomic E-state index is -3.66. The zero-order chi connectivity index (χ0) is 20.1.